The van der Waals surface area contributed by atoms with Crippen molar-refractivity contribution in [2.75, 3.05) is 29.4 Å². The molecule has 0 radical (unpaired) electrons. The third-order valence-corrected chi connectivity index (χ3v) is 6.29. The number of anilines is 2. The molecule has 1 fully saturated rings. The number of nitrogens with zero attached hydrogens (tertiary/aromatic N) is 3. The van der Waals surface area contributed by atoms with Crippen LogP contribution in [0.2, 0.25) is 0 Å². The molecule has 6 rings (SSSR count). The zero-order chi connectivity index (χ0) is 19.4. The minimum absolute atomic E-state index is 0.178. The third kappa shape index (κ3) is 2.85. The van der Waals surface area contributed by atoms with E-state index in [0.717, 1.165) is 66.3 Å². The van der Waals surface area contributed by atoms with Crippen molar-refractivity contribution in [3.63, 3.8) is 0 Å². The van der Waals surface area contributed by atoms with E-state index in [9.17, 15) is 4.39 Å². The highest BCUT2D eigenvalue weighted by atomic mass is 19.1. The van der Waals surface area contributed by atoms with E-state index in [0.29, 0.717) is 0 Å². The van der Waals surface area contributed by atoms with Gasteiger partial charge in [0.2, 0.25) is 0 Å². The minimum Gasteiger partial charge on any atom is -0.423 e. The molecule has 2 aromatic carbocycles. The lowest BCUT2D eigenvalue weighted by Crippen LogP contribution is -2.30. The van der Waals surface area contributed by atoms with Crippen LogP contribution < -0.4 is 9.80 Å². The topological polar surface area (TPSA) is 48.3 Å². The lowest BCUT2D eigenvalue weighted by atomic mass is 10.0. The zero-order valence-corrected chi connectivity index (χ0v) is 16.2. The number of oxazole rings is 1. The maximum atomic E-state index is 13.7. The lowest BCUT2D eigenvalue weighted by Gasteiger charge is -2.29. The van der Waals surface area contributed by atoms with Crippen LogP contribution in [0, 0.1) is 5.82 Å². The number of hydrogen-bond donors (Lipinski definition) is 1. The first kappa shape index (κ1) is 16.9. The van der Waals surface area contributed by atoms with Crippen LogP contribution in [0.5, 0.6) is 0 Å². The Morgan fingerprint density at radius 1 is 0.966 bits per heavy atom. The van der Waals surface area contributed by atoms with Gasteiger partial charge in [0.15, 0.2) is 5.58 Å². The monoisotopic (exact) mass is 390 g/mol. The molecule has 4 aromatic rings. The Labute approximate surface area is 168 Å². The summed E-state index contributed by atoms with van der Waals surface area (Å²) in [6.45, 7) is 3.73. The van der Waals surface area contributed by atoms with Gasteiger partial charge in [-0.1, -0.05) is 0 Å². The Morgan fingerprint density at radius 3 is 2.76 bits per heavy atom. The van der Waals surface area contributed by atoms with Crippen LogP contribution in [0.1, 0.15) is 30.5 Å². The van der Waals surface area contributed by atoms with E-state index in [-0.39, 0.29) is 5.82 Å². The van der Waals surface area contributed by atoms with Gasteiger partial charge in [-0.3, -0.25) is 0 Å². The maximum absolute atomic E-state index is 13.7. The molecule has 148 valence electrons. The van der Waals surface area contributed by atoms with Gasteiger partial charge in [0.05, 0.1) is 6.54 Å². The molecule has 6 heteroatoms. The normalized spacial score (nSPS) is 17.3. The molecule has 0 unspecified atom stereocenters. The first-order valence-electron chi connectivity index (χ1n) is 10.4. The number of benzene rings is 2. The summed E-state index contributed by atoms with van der Waals surface area (Å²) in [7, 11) is 0. The largest absolute Gasteiger partial charge is 0.423 e. The van der Waals surface area contributed by atoms with Crippen LogP contribution in [-0.4, -0.2) is 29.6 Å². The number of aromatic nitrogens is 2. The summed E-state index contributed by atoms with van der Waals surface area (Å²) in [5.41, 5.74) is 6.32. The number of fused-ring (bicyclic) bond motifs is 4. The Hall–Kier alpha value is -3.02. The van der Waals surface area contributed by atoms with Crippen molar-refractivity contribution in [3.8, 4) is 0 Å². The molecule has 0 amide bonds. The van der Waals surface area contributed by atoms with Gasteiger partial charge in [0.1, 0.15) is 11.3 Å². The Morgan fingerprint density at radius 2 is 1.86 bits per heavy atom. The SMILES string of the molecule is Fc1ccc2[nH]c3c(c2c1)CCN(c1ccc2oc(N4CCCCC4)nc2c1)C3. The van der Waals surface area contributed by atoms with Gasteiger partial charge in [0.25, 0.3) is 6.01 Å². The molecule has 29 heavy (non-hydrogen) atoms. The molecule has 4 heterocycles. The second kappa shape index (κ2) is 6.51. The highest BCUT2D eigenvalue weighted by molar-refractivity contribution is 5.85. The second-order valence-corrected chi connectivity index (χ2v) is 8.14. The van der Waals surface area contributed by atoms with Crippen LogP contribution in [0.4, 0.5) is 16.1 Å². The summed E-state index contributed by atoms with van der Waals surface area (Å²) in [4.78, 5) is 12.8. The van der Waals surface area contributed by atoms with Gasteiger partial charge in [-0.15, -0.1) is 0 Å². The van der Waals surface area contributed by atoms with E-state index in [2.05, 4.69) is 26.9 Å². The van der Waals surface area contributed by atoms with Gasteiger partial charge in [-0.05, 0) is 67.6 Å². The number of piperidine rings is 1. The molecular formula is C23H23FN4O. The fourth-order valence-electron chi connectivity index (χ4n) is 4.75. The van der Waals surface area contributed by atoms with Crippen molar-refractivity contribution >= 4 is 33.7 Å². The summed E-state index contributed by atoms with van der Waals surface area (Å²) in [5.74, 6) is -0.178. The number of nitrogens with one attached hydrogen (secondary N) is 1. The van der Waals surface area contributed by atoms with Crippen LogP contribution in [0.15, 0.2) is 40.8 Å². The first-order chi connectivity index (χ1) is 14.2. The van der Waals surface area contributed by atoms with Crippen molar-refractivity contribution < 1.29 is 8.81 Å². The standard InChI is InChI=1S/C23H23FN4O/c24-15-4-6-19-18(12-15)17-8-11-28(14-21(17)25-19)16-5-7-22-20(13-16)26-23(29-22)27-9-2-1-3-10-27/h4-7,12-13,25H,1-3,8-11,14H2. The van der Waals surface area contributed by atoms with Gasteiger partial charge in [0, 0.05) is 41.9 Å². The Bertz CT molecular complexity index is 1200. The molecule has 1 saturated heterocycles. The van der Waals surface area contributed by atoms with E-state index in [1.54, 1.807) is 6.07 Å². The van der Waals surface area contributed by atoms with Crippen molar-refractivity contribution in [1.29, 1.82) is 0 Å². The molecule has 5 nitrogen and oxygen atoms in total. The van der Waals surface area contributed by atoms with Crippen molar-refractivity contribution in [2.45, 2.75) is 32.2 Å². The molecule has 2 aliphatic rings. The predicted octanol–water partition coefficient (Wildman–Crippen LogP) is 5.00. The lowest BCUT2D eigenvalue weighted by molar-refractivity contribution is 0.509. The first-order valence-corrected chi connectivity index (χ1v) is 10.4. The van der Waals surface area contributed by atoms with Crippen LogP contribution in [-0.2, 0) is 13.0 Å². The summed E-state index contributed by atoms with van der Waals surface area (Å²) in [5, 5.41) is 1.01. The number of aromatic amines is 1. The molecular weight excluding hydrogens is 367 g/mol. The van der Waals surface area contributed by atoms with E-state index in [1.165, 1.54) is 36.6 Å². The fraction of sp³-hybridized carbons (Fsp3) is 0.348. The van der Waals surface area contributed by atoms with Gasteiger partial charge in [-0.2, -0.15) is 4.98 Å². The highest BCUT2D eigenvalue weighted by Gasteiger charge is 2.22. The van der Waals surface area contributed by atoms with Gasteiger partial charge >= 0.3 is 0 Å². The maximum Gasteiger partial charge on any atom is 0.298 e. The molecule has 0 saturated carbocycles. The van der Waals surface area contributed by atoms with Crippen LogP contribution in [0.25, 0.3) is 22.0 Å². The molecule has 0 aliphatic carbocycles. The summed E-state index contributed by atoms with van der Waals surface area (Å²) in [6.07, 6.45) is 4.59. The molecule has 0 bridgehead atoms. The van der Waals surface area contributed by atoms with E-state index in [1.807, 2.05) is 12.1 Å². The third-order valence-electron chi connectivity index (χ3n) is 6.29. The van der Waals surface area contributed by atoms with Crippen molar-refractivity contribution in [3.05, 3.63) is 53.5 Å². The zero-order valence-electron chi connectivity index (χ0n) is 16.2. The van der Waals surface area contributed by atoms with Crippen LogP contribution in [0.3, 0.4) is 0 Å². The second-order valence-electron chi connectivity index (χ2n) is 8.14. The average molecular weight is 390 g/mol. The fourth-order valence-corrected chi connectivity index (χ4v) is 4.75. The number of halogens is 1. The van der Waals surface area contributed by atoms with Gasteiger partial charge in [-0.25, -0.2) is 4.39 Å². The number of rotatable bonds is 2. The molecule has 0 atom stereocenters. The summed E-state index contributed by atoms with van der Waals surface area (Å²) < 4.78 is 19.7. The number of hydrogen-bond acceptors (Lipinski definition) is 4. The van der Waals surface area contributed by atoms with Crippen molar-refractivity contribution in [2.24, 2.45) is 0 Å². The quantitative estimate of drug-likeness (QED) is 0.523. The average Bonchev–Trinajstić information content (AvgIpc) is 3.34. The highest BCUT2D eigenvalue weighted by Crippen LogP contribution is 2.32. The molecule has 2 aromatic heterocycles. The van der Waals surface area contributed by atoms with Gasteiger partial charge < -0.3 is 19.2 Å². The summed E-state index contributed by atoms with van der Waals surface area (Å²) >= 11 is 0. The molecule has 2 aliphatic heterocycles. The smallest absolute Gasteiger partial charge is 0.298 e. The van der Waals surface area contributed by atoms with E-state index in [4.69, 9.17) is 9.40 Å². The summed E-state index contributed by atoms with van der Waals surface area (Å²) in [6, 6.07) is 12.0. The minimum atomic E-state index is -0.178. The predicted molar refractivity (Wildman–Crippen MR) is 113 cm³/mol. The van der Waals surface area contributed by atoms with Crippen LogP contribution >= 0.6 is 0 Å². The Balaban J connectivity index is 1.30. The Kier molecular flexibility index (Phi) is 3.79. The van der Waals surface area contributed by atoms with E-state index < -0.39 is 0 Å². The van der Waals surface area contributed by atoms with Crippen molar-refractivity contribution in [1.82, 2.24) is 9.97 Å². The van der Waals surface area contributed by atoms with E-state index >= 15 is 0 Å². The molecule has 1 N–H and O–H groups in total. The molecule has 0 spiro atoms. The number of H-pyrrole nitrogens is 1.